The topological polar surface area (TPSA) is 46.2 Å². The minimum absolute atomic E-state index is 0.515. The van der Waals surface area contributed by atoms with Crippen molar-refractivity contribution in [3.8, 4) is 0 Å². The van der Waals surface area contributed by atoms with E-state index >= 15 is 0 Å². The van der Waals surface area contributed by atoms with Gasteiger partial charge in [-0.15, -0.1) is 11.6 Å². The van der Waals surface area contributed by atoms with E-state index in [2.05, 4.69) is 6.58 Å². The average Bonchev–Trinajstić information content (AvgIpc) is 2.39. The first-order valence-corrected chi connectivity index (χ1v) is 6.54. The zero-order valence-electron chi connectivity index (χ0n) is 10.8. The summed E-state index contributed by atoms with van der Waals surface area (Å²) >= 11 is 5.44. The molecule has 0 aromatic heterocycles. The molecule has 108 valence electrons. The Morgan fingerprint density at radius 1 is 0.667 bits per heavy atom. The fourth-order valence-corrected chi connectivity index (χ4v) is 1.12. The van der Waals surface area contributed by atoms with Crippen LogP contribution in [0.2, 0.25) is 0 Å². The number of ether oxygens (including phenoxy) is 5. The molecule has 0 aliphatic rings. The van der Waals surface area contributed by atoms with Gasteiger partial charge in [0, 0.05) is 5.88 Å². The molecule has 18 heavy (non-hydrogen) atoms. The molecule has 0 aliphatic carbocycles. The third-order valence-corrected chi connectivity index (χ3v) is 1.96. The highest BCUT2D eigenvalue weighted by Crippen LogP contribution is 1.84. The highest BCUT2D eigenvalue weighted by molar-refractivity contribution is 6.17. The van der Waals surface area contributed by atoms with E-state index in [-0.39, 0.29) is 0 Å². The lowest BCUT2D eigenvalue weighted by molar-refractivity contribution is -0.00489. The highest BCUT2D eigenvalue weighted by Gasteiger charge is 1.92. The summed E-state index contributed by atoms with van der Waals surface area (Å²) in [6, 6.07) is 0. The quantitative estimate of drug-likeness (QED) is 0.258. The summed E-state index contributed by atoms with van der Waals surface area (Å²) in [6.07, 6.45) is 1.40. The molecule has 0 N–H and O–H groups in total. The van der Waals surface area contributed by atoms with E-state index in [4.69, 9.17) is 35.3 Å². The molecule has 0 bridgehead atoms. The van der Waals surface area contributed by atoms with Crippen molar-refractivity contribution < 1.29 is 23.7 Å². The Morgan fingerprint density at radius 3 is 1.44 bits per heavy atom. The van der Waals surface area contributed by atoms with Gasteiger partial charge in [0.15, 0.2) is 0 Å². The van der Waals surface area contributed by atoms with Gasteiger partial charge in [-0.25, -0.2) is 0 Å². The molecule has 0 amide bonds. The lowest BCUT2D eigenvalue weighted by Crippen LogP contribution is -2.13. The molecule has 0 saturated carbocycles. The molecule has 0 heterocycles. The zero-order chi connectivity index (χ0) is 13.3. The highest BCUT2D eigenvalue weighted by atomic mass is 35.5. The van der Waals surface area contributed by atoms with Crippen molar-refractivity contribution in [2.24, 2.45) is 0 Å². The molecule has 0 aliphatic heterocycles. The molecule has 0 rings (SSSR count). The Labute approximate surface area is 114 Å². The number of halogens is 1. The first-order chi connectivity index (χ1) is 8.91. The van der Waals surface area contributed by atoms with E-state index < -0.39 is 0 Å². The minimum Gasteiger partial charge on any atom is -0.499 e. The maximum absolute atomic E-state index is 5.44. The van der Waals surface area contributed by atoms with E-state index in [9.17, 15) is 0 Å². The second-order valence-corrected chi connectivity index (χ2v) is 3.55. The van der Waals surface area contributed by atoms with Crippen LogP contribution in [0.5, 0.6) is 0 Å². The van der Waals surface area contributed by atoms with Crippen molar-refractivity contribution in [2.75, 3.05) is 65.3 Å². The molecule has 5 nitrogen and oxygen atoms in total. The van der Waals surface area contributed by atoms with Crippen molar-refractivity contribution in [3.05, 3.63) is 12.8 Å². The molecular formula is C12H23ClO5. The lowest BCUT2D eigenvalue weighted by atomic mass is 10.7. The molecule has 6 heteroatoms. The number of rotatable bonds is 15. The molecule has 0 spiro atoms. The average molecular weight is 283 g/mol. The summed E-state index contributed by atoms with van der Waals surface area (Å²) < 4.78 is 25.8. The van der Waals surface area contributed by atoms with Crippen molar-refractivity contribution >= 4 is 11.6 Å². The normalized spacial score (nSPS) is 10.5. The predicted molar refractivity (Wildman–Crippen MR) is 70.1 cm³/mol. The van der Waals surface area contributed by atoms with E-state index in [0.29, 0.717) is 65.3 Å². The van der Waals surface area contributed by atoms with Crippen molar-refractivity contribution in [1.29, 1.82) is 0 Å². The van der Waals surface area contributed by atoms with Crippen LogP contribution >= 0.6 is 11.6 Å². The van der Waals surface area contributed by atoms with Crippen molar-refractivity contribution in [3.63, 3.8) is 0 Å². The molecule has 0 saturated heterocycles. The summed E-state index contributed by atoms with van der Waals surface area (Å²) in [6.45, 7) is 8.42. The number of alkyl halides is 1. The molecule has 0 atom stereocenters. The van der Waals surface area contributed by atoms with Crippen molar-refractivity contribution in [2.45, 2.75) is 0 Å². The second kappa shape index (κ2) is 16.7. The van der Waals surface area contributed by atoms with Gasteiger partial charge in [0.05, 0.1) is 59.1 Å². The summed E-state index contributed by atoms with van der Waals surface area (Å²) in [5.74, 6) is 0.515. The molecule has 0 unspecified atom stereocenters. The Hall–Kier alpha value is -0.330. The van der Waals surface area contributed by atoms with E-state index in [0.717, 1.165) is 0 Å². The smallest absolute Gasteiger partial charge is 0.111 e. The Kier molecular flexibility index (Phi) is 16.4. The van der Waals surface area contributed by atoms with E-state index in [1.165, 1.54) is 6.26 Å². The Balaban J connectivity index is 2.88. The summed E-state index contributed by atoms with van der Waals surface area (Å²) in [5, 5.41) is 0. The fraction of sp³-hybridized carbons (Fsp3) is 0.833. The summed E-state index contributed by atoms with van der Waals surface area (Å²) in [4.78, 5) is 0. The maximum Gasteiger partial charge on any atom is 0.111 e. The van der Waals surface area contributed by atoms with Crippen LogP contribution < -0.4 is 0 Å². The standard InChI is InChI=1S/C12H23ClO5/c1-2-14-5-6-16-9-10-18-12-11-17-8-7-15-4-3-13/h2H,1,3-12H2. The van der Waals surface area contributed by atoms with E-state index in [1.54, 1.807) is 0 Å². The van der Waals surface area contributed by atoms with Crippen LogP contribution in [0, 0.1) is 0 Å². The van der Waals surface area contributed by atoms with Crippen LogP contribution in [0.3, 0.4) is 0 Å². The van der Waals surface area contributed by atoms with Crippen LogP contribution in [-0.4, -0.2) is 65.3 Å². The van der Waals surface area contributed by atoms with Gasteiger partial charge >= 0.3 is 0 Å². The Bertz CT molecular complexity index is 169. The third-order valence-electron chi connectivity index (χ3n) is 1.80. The van der Waals surface area contributed by atoms with Crippen LogP contribution in [-0.2, 0) is 23.7 Å². The number of hydrogen-bond acceptors (Lipinski definition) is 5. The summed E-state index contributed by atoms with van der Waals surface area (Å²) in [5.41, 5.74) is 0. The molecule has 0 radical (unpaired) electrons. The molecule has 0 fully saturated rings. The summed E-state index contributed by atoms with van der Waals surface area (Å²) in [7, 11) is 0. The van der Waals surface area contributed by atoms with E-state index in [1.807, 2.05) is 0 Å². The first kappa shape index (κ1) is 17.7. The van der Waals surface area contributed by atoms with Crippen molar-refractivity contribution in [1.82, 2.24) is 0 Å². The Morgan fingerprint density at radius 2 is 1.06 bits per heavy atom. The van der Waals surface area contributed by atoms with Gasteiger partial charge in [-0.05, 0) is 0 Å². The first-order valence-electron chi connectivity index (χ1n) is 6.01. The third kappa shape index (κ3) is 15.7. The SMILES string of the molecule is C=COCCOCCOCCOCCOCCCl. The van der Waals surface area contributed by atoms with Gasteiger partial charge in [-0.2, -0.15) is 0 Å². The number of hydrogen-bond donors (Lipinski definition) is 0. The lowest BCUT2D eigenvalue weighted by Gasteiger charge is -2.07. The van der Waals surface area contributed by atoms with Gasteiger partial charge in [0.2, 0.25) is 0 Å². The molecular weight excluding hydrogens is 260 g/mol. The largest absolute Gasteiger partial charge is 0.499 e. The van der Waals surface area contributed by atoms with Gasteiger partial charge < -0.3 is 23.7 Å². The molecule has 0 aromatic rings. The maximum atomic E-state index is 5.44. The van der Waals surface area contributed by atoms with Gasteiger partial charge in [-0.1, -0.05) is 6.58 Å². The second-order valence-electron chi connectivity index (χ2n) is 3.18. The van der Waals surface area contributed by atoms with Gasteiger partial charge in [-0.3, -0.25) is 0 Å². The minimum atomic E-state index is 0.515. The molecule has 0 aromatic carbocycles. The monoisotopic (exact) mass is 282 g/mol. The van der Waals surface area contributed by atoms with Gasteiger partial charge in [0.1, 0.15) is 6.61 Å². The van der Waals surface area contributed by atoms with Gasteiger partial charge in [0.25, 0.3) is 0 Å². The zero-order valence-corrected chi connectivity index (χ0v) is 11.5. The fourth-order valence-electron chi connectivity index (χ4n) is 1.01. The van der Waals surface area contributed by atoms with Crippen LogP contribution in [0.4, 0.5) is 0 Å². The van der Waals surface area contributed by atoms with Crippen LogP contribution in [0.15, 0.2) is 12.8 Å². The van der Waals surface area contributed by atoms with Crippen LogP contribution in [0.25, 0.3) is 0 Å². The van der Waals surface area contributed by atoms with Crippen LogP contribution in [0.1, 0.15) is 0 Å². The predicted octanol–water partition coefficient (Wildman–Crippen LogP) is 1.45.